The minimum Gasteiger partial charge on any atom is -0.469 e. The van der Waals surface area contributed by atoms with Gasteiger partial charge in [-0.25, -0.2) is 0 Å². The number of aliphatic hydroxyl groups is 2. The smallest absolute Gasteiger partial charge is 0.305 e. The molecular formula is C25H43NO4. The van der Waals surface area contributed by atoms with Gasteiger partial charge in [-0.2, -0.15) is 0 Å². The van der Waals surface area contributed by atoms with Crippen molar-refractivity contribution in [2.45, 2.75) is 96.8 Å². The van der Waals surface area contributed by atoms with Crippen molar-refractivity contribution in [3.05, 3.63) is 0 Å². The molecule has 0 amide bonds. The van der Waals surface area contributed by atoms with Crippen LogP contribution in [0.5, 0.6) is 0 Å². The molecule has 0 heterocycles. The molecule has 11 atom stereocenters. The average Bonchev–Trinajstić information content (AvgIpc) is 3.08. The Hall–Kier alpha value is -0.650. The van der Waals surface area contributed by atoms with E-state index in [9.17, 15) is 15.0 Å². The molecule has 172 valence electrons. The number of carbonyl (C=O) groups excluding carboxylic acids is 1. The van der Waals surface area contributed by atoms with Gasteiger partial charge in [-0.3, -0.25) is 4.79 Å². The minimum atomic E-state index is -0.652. The van der Waals surface area contributed by atoms with Crippen LogP contribution in [-0.4, -0.2) is 41.5 Å². The van der Waals surface area contributed by atoms with Crippen LogP contribution >= 0.6 is 0 Å². The monoisotopic (exact) mass is 421 g/mol. The van der Waals surface area contributed by atoms with Gasteiger partial charge in [0.25, 0.3) is 0 Å². The molecule has 5 nitrogen and oxygen atoms in total. The van der Waals surface area contributed by atoms with Crippen LogP contribution in [0.2, 0.25) is 0 Å². The molecule has 4 fully saturated rings. The minimum absolute atomic E-state index is 0.0924. The standard InChI is InChI=1S/C25H43NO4/c1-14(5-8-20(27)30-4)16-6-7-17-21-18(10-12-24(16,17)2)25(3)11-9-15(26)13-19(25)22(28)23(21)29/h14-19,21-23,28-29H,5-13,26H2,1-4H3/t14-,15+,16-,17?,18?,19?,21?,22-,23-,24-,25-/m1/s1. The van der Waals surface area contributed by atoms with Crippen LogP contribution < -0.4 is 5.73 Å². The fourth-order valence-electron chi connectivity index (χ4n) is 8.92. The van der Waals surface area contributed by atoms with E-state index < -0.39 is 12.2 Å². The van der Waals surface area contributed by atoms with Gasteiger partial charge in [-0.15, -0.1) is 0 Å². The number of nitrogens with two attached hydrogens (primary N) is 1. The van der Waals surface area contributed by atoms with Crippen molar-refractivity contribution in [1.29, 1.82) is 0 Å². The zero-order chi connectivity index (χ0) is 21.8. The van der Waals surface area contributed by atoms with E-state index in [1.54, 1.807) is 0 Å². The summed E-state index contributed by atoms with van der Waals surface area (Å²) in [5.74, 6) is 2.17. The Balaban J connectivity index is 1.56. The Morgan fingerprint density at radius 3 is 2.40 bits per heavy atom. The number of aliphatic hydroxyl groups excluding tert-OH is 2. The third-order valence-corrected chi connectivity index (χ3v) is 10.6. The van der Waals surface area contributed by atoms with Crippen LogP contribution in [0, 0.1) is 46.3 Å². The summed E-state index contributed by atoms with van der Waals surface area (Å²) in [6.07, 6.45) is 7.67. The van der Waals surface area contributed by atoms with Crippen LogP contribution in [0.4, 0.5) is 0 Å². The molecule has 0 aromatic carbocycles. The molecule has 0 aliphatic heterocycles. The lowest BCUT2D eigenvalue weighted by Crippen LogP contribution is -2.64. The third kappa shape index (κ3) is 3.34. The van der Waals surface area contributed by atoms with Crippen molar-refractivity contribution in [2.24, 2.45) is 52.1 Å². The van der Waals surface area contributed by atoms with Gasteiger partial charge in [0.05, 0.1) is 19.3 Å². The first-order valence-electron chi connectivity index (χ1n) is 12.3. The van der Waals surface area contributed by atoms with Gasteiger partial charge in [0.15, 0.2) is 0 Å². The topological polar surface area (TPSA) is 92.8 Å². The summed E-state index contributed by atoms with van der Waals surface area (Å²) in [7, 11) is 1.46. The zero-order valence-electron chi connectivity index (χ0n) is 19.3. The summed E-state index contributed by atoms with van der Waals surface area (Å²) in [5, 5.41) is 22.5. The van der Waals surface area contributed by atoms with Crippen molar-refractivity contribution < 1.29 is 19.7 Å². The van der Waals surface area contributed by atoms with Crippen molar-refractivity contribution in [1.82, 2.24) is 0 Å². The highest BCUT2D eigenvalue weighted by atomic mass is 16.5. The van der Waals surface area contributed by atoms with Gasteiger partial charge in [0, 0.05) is 12.5 Å². The fourth-order valence-corrected chi connectivity index (χ4v) is 8.92. The Labute approximate surface area is 182 Å². The van der Waals surface area contributed by atoms with Crippen LogP contribution in [0.3, 0.4) is 0 Å². The van der Waals surface area contributed by atoms with Crippen molar-refractivity contribution in [3.8, 4) is 0 Å². The third-order valence-electron chi connectivity index (χ3n) is 10.6. The van der Waals surface area contributed by atoms with Crippen molar-refractivity contribution in [3.63, 3.8) is 0 Å². The number of carbonyl (C=O) groups is 1. The van der Waals surface area contributed by atoms with E-state index in [4.69, 9.17) is 10.5 Å². The van der Waals surface area contributed by atoms with Gasteiger partial charge >= 0.3 is 5.97 Å². The van der Waals surface area contributed by atoms with Gasteiger partial charge in [-0.05, 0) is 97.7 Å². The molecule has 0 radical (unpaired) electrons. The lowest BCUT2D eigenvalue weighted by molar-refractivity contribution is -0.216. The quantitative estimate of drug-likeness (QED) is 0.604. The SMILES string of the molecule is COC(=O)CC[C@@H](C)[C@H]1CCC2C3C(CC[C@@]21C)[C@@]1(C)CC[C@H](N)CC1[C@@H](O)[C@@H]3O. The normalized spacial score (nSPS) is 51.4. The highest BCUT2D eigenvalue weighted by molar-refractivity contribution is 5.69. The molecule has 0 aromatic rings. The molecule has 30 heavy (non-hydrogen) atoms. The predicted octanol–water partition coefficient (Wildman–Crippen LogP) is 3.50. The maximum atomic E-state index is 11.7. The maximum Gasteiger partial charge on any atom is 0.305 e. The molecule has 5 heteroatoms. The highest BCUT2D eigenvalue weighted by Crippen LogP contribution is 2.68. The molecule has 4 aliphatic rings. The average molecular weight is 422 g/mol. The Morgan fingerprint density at radius 2 is 1.70 bits per heavy atom. The Kier molecular flexibility index (Phi) is 6.04. The van der Waals surface area contributed by atoms with E-state index in [1.807, 2.05) is 0 Å². The lowest BCUT2D eigenvalue weighted by atomic mass is 9.43. The second-order valence-electron chi connectivity index (χ2n) is 11.7. The molecule has 4 unspecified atom stereocenters. The van der Waals surface area contributed by atoms with E-state index in [0.717, 1.165) is 38.5 Å². The van der Waals surface area contributed by atoms with Crippen LogP contribution in [0.15, 0.2) is 0 Å². The molecule has 4 saturated carbocycles. The molecule has 4 aliphatic carbocycles. The van der Waals surface area contributed by atoms with Crippen molar-refractivity contribution in [2.75, 3.05) is 7.11 Å². The largest absolute Gasteiger partial charge is 0.469 e. The summed E-state index contributed by atoms with van der Waals surface area (Å²) in [4.78, 5) is 11.7. The molecule has 4 N–H and O–H groups in total. The number of rotatable bonds is 4. The molecular weight excluding hydrogens is 378 g/mol. The number of hydrogen-bond donors (Lipinski definition) is 3. The van der Waals surface area contributed by atoms with E-state index >= 15 is 0 Å². The fraction of sp³-hybridized carbons (Fsp3) is 0.960. The van der Waals surface area contributed by atoms with Crippen LogP contribution in [0.25, 0.3) is 0 Å². The Morgan fingerprint density at radius 1 is 1.03 bits per heavy atom. The first-order valence-corrected chi connectivity index (χ1v) is 12.3. The molecule has 0 spiro atoms. The number of esters is 1. The lowest BCUT2D eigenvalue weighted by Gasteiger charge is -2.63. The van der Waals surface area contributed by atoms with Crippen LogP contribution in [-0.2, 0) is 9.53 Å². The van der Waals surface area contributed by atoms with E-state index in [1.165, 1.54) is 20.0 Å². The van der Waals surface area contributed by atoms with Gasteiger partial charge in [0.1, 0.15) is 0 Å². The molecule has 0 aromatic heterocycles. The first-order chi connectivity index (χ1) is 14.1. The van der Waals surface area contributed by atoms with Crippen molar-refractivity contribution >= 4 is 5.97 Å². The summed E-state index contributed by atoms with van der Waals surface area (Å²) >= 11 is 0. The van der Waals surface area contributed by atoms with E-state index in [0.29, 0.717) is 30.1 Å². The zero-order valence-corrected chi connectivity index (χ0v) is 19.3. The summed E-state index contributed by atoms with van der Waals surface area (Å²) in [5.41, 5.74) is 6.55. The number of ether oxygens (including phenoxy) is 1. The summed E-state index contributed by atoms with van der Waals surface area (Å²) in [6.45, 7) is 7.11. The predicted molar refractivity (Wildman–Crippen MR) is 116 cm³/mol. The number of methoxy groups -OCH3 is 1. The van der Waals surface area contributed by atoms with Gasteiger partial charge in [0.2, 0.25) is 0 Å². The number of hydrogen-bond acceptors (Lipinski definition) is 5. The molecule has 0 bridgehead atoms. The first kappa shape index (κ1) is 22.5. The maximum absolute atomic E-state index is 11.7. The van der Waals surface area contributed by atoms with Crippen LogP contribution in [0.1, 0.15) is 78.6 Å². The van der Waals surface area contributed by atoms with Gasteiger partial charge < -0.3 is 20.7 Å². The van der Waals surface area contributed by atoms with E-state index in [2.05, 4.69) is 20.8 Å². The Bertz CT molecular complexity index is 655. The highest BCUT2D eigenvalue weighted by Gasteiger charge is 2.65. The van der Waals surface area contributed by atoms with Gasteiger partial charge in [-0.1, -0.05) is 20.8 Å². The molecule has 4 rings (SSSR count). The second kappa shape index (κ2) is 8.04. The second-order valence-corrected chi connectivity index (χ2v) is 11.7. The molecule has 0 saturated heterocycles. The summed E-state index contributed by atoms with van der Waals surface area (Å²) in [6, 6.07) is 0.154. The number of fused-ring (bicyclic) bond motifs is 5. The van der Waals surface area contributed by atoms with E-state index in [-0.39, 0.29) is 34.7 Å². The summed E-state index contributed by atoms with van der Waals surface area (Å²) < 4.78 is 4.85.